The lowest BCUT2D eigenvalue weighted by Gasteiger charge is -2.39. The van der Waals surface area contributed by atoms with Crippen molar-refractivity contribution in [3.8, 4) is 0 Å². The fraction of sp³-hybridized carbons (Fsp3) is 0.467. The molecule has 1 aromatic heterocycles. The van der Waals surface area contributed by atoms with Crippen molar-refractivity contribution in [3.05, 3.63) is 30.6 Å². The number of anilines is 1. The molecule has 2 N–H and O–H groups in total. The topological polar surface area (TPSA) is 55.0 Å². The Kier molecular flexibility index (Phi) is 3.34. The molecule has 2 heterocycles. The summed E-state index contributed by atoms with van der Waals surface area (Å²) in [6.07, 6.45) is 4.01. The molecule has 3 rings (SSSR count). The Labute approximate surface area is 113 Å². The van der Waals surface area contributed by atoms with Crippen LogP contribution in [-0.4, -0.2) is 29.1 Å². The van der Waals surface area contributed by atoms with Crippen LogP contribution in [0.3, 0.4) is 0 Å². The molecule has 2 atom stereocenters. The Balaban J connectivity index is 2.03. The molecule has 19 heavy (non-hydrogen) atoms. The lowest BCUT2D eigenvalue weighted by molar-refractivity contribution is 0.365. The Morgan fingerprint density at radius 1 is 1.32 bits per heavy atom. The summed E-state index contributed by atoms with van der Waals surface area (Å²) in [6, 6.07) is 8.57. The summed E-state index contributed by atoms with van der Waals surface area (Å²) in [5.74, 6) is 1.78. The van der Waals surface area contributed by atoms with E-state index in [2.05, 4.69) is 27.9 Å². The molecule has 1 saturated heterocycles. The normalized spacial score (nSPS) is 23.8. The van der Waals surface area contributed by atoms with Crippen molar-refractivity contribution in [2.24, 2.45) is 11.7 Å². The molecule has 0 radical (unpaired) electrons. The van der Waals surface area contributed by atoms with Crippen LogP contribution in [0.4, 0.5) is 5.82 Å². The first kappa shape index (κ1) is 12.4. The van der Waals surface area contributed by atoms with Crippen molar-refractivity contribution >= 4 is 16.7 Å². The van der Waals surface area contributed by atoms with Gasteiger partial charge in [0.25, 0.3) is 0 Å². The van der Waals surface area contributed by atoms with Gasteiger partial charge >= 0.3 is 0 Å². The predicted octanol–water partition coefficient (Wildman–Crippen LogP) is 2.19. The number of piperidine rings is 1. The summed E-state index contributed by atoms with van der Waals surface area (Å²) in [4.78, 5) is 11.2. The standard InChI is InChI=1S/C15H20N4/c1-11-6-7-19(12(8-11)9-16)15-13-4-2-3-5-14(13)17-10-18-15/h2-5,10-12H,6-9,16H2,1H3. The minimum Gasteiger partial charge on any atom is -0.352 e. The minimum absolute atomic E-state index is 0.391. The second-order valence-electron chi connectivity index (χ2n) is 5.43. The first-order chi connectivity index (χ1) is 9.29. The average molecular weight is 256 g/mol. The Morgan fingerprint density at radius 2 is 2.16 bits per heavy atom. The second-order valence-corrected chi connectivity index (χ2v) is 5.43. The summed E-state index contributed by atoms with van der Waals surface area (Å²) < 4.78 is 0. The first-order valence-corrected chi connectivity index (χ1v) is 6.96. The van der Waals surface area contributed by atoms with Crippen molar-refractivity contribution in [1.82, 2.24) is 9.97 Å². The van der Waals surface area contributed by atoms with Gasteiger partial charge in [0.2, 0.25) is 0 Å². The van der Waals surface area contributed by atoms with Crippen molar-refractivity contribution in [2.45, 2.75) is 25.8 Å². The van der Waals surface area contributed by atoms with Crippen LogP contribution < -0.4 is 10.6 Å². The third kappa shape index (κ3) is 2.28. The highest BCUT2D eigenvalue weighted by Crippen LogP contribution is 2.30. The molecule has 0 bridgehead atoms. The van der Waals surface area contributed by atoms with E-state index in [0.717, 1.165) is 35.6 Å². The first-order valence-electron chi connectivity index (χ1n) is 6.96. The quantitative estimate of drug-likeness (QED) is 0.895. The van der Waals surface area contributed by atoms with Crippen molar-refractivity contribution < 1.29 is 0 Å². The number of nitrogens with two attached hydrogens (primary N) is 1. The lowest BCUT2D eigenvalue weighted by atomic mass is 9.92. The molecule has 100 valence electrons. The van der Waals surface area contributed by atoms with Crippen molar-refractivity contribution in [2.75, 3.05) is 18.0 Å². The van der Waals surface area contributed by atoms with E-state index in [1.165, 1.54) is 6.42 Å². The van der Waals surface area contributed by atoms with Gasteiger partial charge in [-0.25, -0.2) is 9.97 Å². The number of aromatic nitrogens is 2. The number of rotatable bonds is 2. The summed E-state index contributed by atoms with van der Waals surface area (Å²) in [7, 11) is 0. The van der Waals surface area contributed by atoms with Gasteiger partial charge in [-0.2, -0.15) is 0 Å². The molecule has 0 aliphatic carbocycles. The molecule has 2 aromatic rings. The van der Waals surface area contributed by atoms with Crippen LogP contribution in [-0.2, 0) is 0 Å². The van der Waals surface area contributed by atoms with Crippen molar-refractivity contribution in [1.29, 1.82) is 0 Å². The van der Waals surface area contributed by atoms with Gasteiger partial charge in [-0.15, -0.1) is 0 Å². The van der Waals surface area contributed by atoms with Crippen LogP contribution in [0.25, 0.3) is 10.9 Å². The highest BCUT2D eigenvalue weighted by molar-refractivity contribution is 5.89. The Hall–Kier alpha value is -1.68. The van der Waals surface area contributed by atoms with Gasteiger partial charge in [-0.1, -0.05) is 19.1 Å². The van der Waals surface area contributed by atoms with E-state index in [9.17, 15) is 0 Å². The van der Waals surface area contributed by atoms with E-state index in [0.29, 0.717) is 12.6 Å². The molecule has 4 nitrogen and oxygen atoms in total. The van der Waals surface area contributed by atoms with E-state index in [1.54, 1.807) is 6.33 Å². The van der Waals surface area contributed by atoms with Gasteiger partial charge in [-0.3, -0.25) is 0 Å². The number of fused-ring (bicyclic) bond motifs is 1. The third-order valence-corrected chi connectivity index (χ3v) is 4.04. The molecule has 0 saturated carbocycles. The maximum absolute atomic E-state index is 5.95. The number of nitrogens with zero attached hydrogens (tertiary/aromatic N) is 3. The van der Waals surface area contributed by atoms with E-state index >= 15 is 0 Å². The van der Waals surface area contributed by atoms with Crippen LogP contribution in [0, 0.1) is 5.92 Å². The molecule has 4 heteroatoms. The fourth-order valence-electron chi connectivity index (χ4n) is 2.97. The Morgan fingerprint density at radius 3 is 3.00 bits per heavy atom. The molecule has 2 unspecified atom stereocenters. The van der Waals surface area contributed by atoms with Gasteiger partial charge in [0.05, 0.1) is 5.52 Å². The van der Waals surface area contributed by atoms with Gasteiger partial charge in [0, 0.05) is 24.5 Å². The fourth-order valence-corrected chi connectivity index (χ4v) is 2.97. The number of hydrogen-bond acceptors (Lipinski definition) is 4. The molecule has 0 amide bonds. The van der Waals surface area contributed by atoms with E-state index in [1.807, 2.05) is 18.2 Å². The lowest BCUT2D eigenvalue weighted by Crippen LogP contribution is -2.46. The van der Waals surface area contributed by atoms with Gasteiger partial charge in [0.1, 0.15) is 12.1 Å². The monoisotopic (exact) mass is 256 g/mol. The third-order valence-electron chi connectivity index (χ3n) is 4.04. The minimum atomic E-state index is 0.391. The van der Waals surface area contributed by atoms with Crippen LogP contribution in [0.15, 0.2) is 30.6 Å². The largest absolute Gasteiger partial charge is 0.352 e. The van der Waals surface area contributed by atoms with Crippen LogP contribution in [0.2, 0.25) is 0 Å². The van der Waals surface area contributed by atoms with E-state index < -0.39 is 0 Å². The zero-order chi connectivity index (χ0) is 13.2. The zero-order valence-electron chi connectivity index (χ0n) is 11.3. The summed E-state index contributed by atoms with van der Waals surface area (Å²) in [5.41, 5.74) is 6.95. The SMILES string of the molecule is CC1CCN(c2ncnc3ccccc23)C(CN)C1. The highest BCUT2D eigenvalue weighted by atomic mass is 15.2. The summed E-state index contributed by atoms with van der Waals surface area (Å²) >= 11 is 0. The summed E-state index contributed by atoms with van der Waals surface area (Å²) in [5, 5.41) is 1.12. The molecular weight excluding hydrogens is 236 g/mol. The second kappa shape index (κ2) is 5.13. The number of hydrogen-bond donors (Lipinski definition) is 1. The maximum Gasteiger partial charge on any atom is 0.140 e. The highest BCUT2D eigenvalue weighted by Gasteiger charge is 2.27. The maximum atomic E-state index is 5.95. The molecule has 0 spiro atoms. The Bertz CT molecular complexity index is 564. The molecule has 1 aromatic carbocycles. The van der Waals surface area contributed by atoms with E-state index in [4.69, 9.17) is 5.73 Å². The van der Waals surface area contributed by atoms with Crippen molar-refractivity contribution in [3.63, 3.8) is 0 Å². The van der Waals surface area contributed by atoms with Crippen LogP contribution in [0.5, 0.6) is 0 Å². The van der Waals surface area contributed by atoms with Gasteiger partial charge in [-0.05, 0) is 30.9 Å². The zero-order valence-corrected chi connectivity index (χ0v) is 11.3. The van der Waals surface area contributed by atoms with Gasteiger partial charge in [0.15, 0.2) is 0 Å². The molecule has 1 fully saturated rings. The average Bonchev–Trinajstić information content (AvgIpc) is 2.46. The summed E-state index contributed by atoms with van der Waals surface area (Å²) in [6.45, 7) is 4.02. The smallest absolute Gasteiger partial charge is 0.140 e. The molecular formula is C15H20N4. The molecule has 1 aliphatic heterocycles. The van der Waals surface area contributed by atoms with Crippen LogP contribution >= 0.6 is 0 Å². The molecule has 1 aliphatic rings. The van der Waals surface area contributed by atoms with E-state index in [-0.39, 0.29) is 0 Å². The van der Waals surface area contributed by atoms with Crippen LogP contribution in [0.1, 0.15) is 19.8 Å². The predicted molar refractivity (Wildman–Crippen MR) is 78.1 cm³/mol. The van der Waals surface area contributed by atoms with Gasteiger partial charge < -0.3 is 10.6 Å². The number of para-hydroxylation sites is 1. The number of benzene rings is 1.